The van der Waals surface area contributed by atoms with E-state index in [0.717, 1.165) is 31.6 Å². The highest BCUT2D eigenvalue weighted by Gasteiger charge is 2.49. The number of nitrogens with one attached hydrogen (secondary N) is 2. The molecular weight excluding hydrogens is 336 g/mol. The molecule has 5 nitrogen and oxygen atoms in total. The Bertz CT molecular complexity index is 482. The van der Waals surface area contributed by atoms with Crippen LogP contribution in [0.4, 0.5) is 0 Å². The molecule has 23 heavy (non-hydrogen) atoms. The van der Waals surface area contributed by atoms with Crippen molar-refractivity contribution in [1.29, 1.82) is 0 Å². The molecule has 0 aromatic heterocycles. The molecule has 1 aliphatic heterocycles. The smallest absolute Gasteiger partial charge is 0.241 e. The zero-order chi connectivity index (χ0) is 16.2. The topological polar surface area (TPSA) is 75.3 Å². The molecule has 2 rings (SSSR count). The summed E-state index contributed by atoms with van der Waals surface area (Å²) in [5.74, 6) is 0.511. The first-order chi connectivity index (χ1) is 10.4. The Morgan fingerprint density at radius 1 is 1.17 bits per heavy atom. The minimum Gasteiger partial charge on any atom is -0.352 e. The van der Waals surface area contributed by atoms with E-state index in [4.69, 9.17) is 0 Å². The van der Waals surface area contributed by atoms with Crippen molar-refractivity contribution in [3.05, 3.63) is 0 Å². The van der Waals surface area contributed by atoms with E-state index >= 15 is 0 Å². The molecule has 0 spiro atoms. The summed E-state index contributed by atoms with van der Waals surface area (Å²) >= 11 is 0. The van der Waals surface area contributed by atoms with Crippen molar-refractivity contribution >= 4 is 28.2 Å². The van der Waals surface area contributed by atoms with Crippen LogP contribution in [0, 0.1) is 5.92 Å². The van der Waals surface area contributed by atoms with Gasteiger partial charge < -0.3 is 10.6 Å². The third-order valence-corrected chi connectivity index (χ3v) is 7.43. The molecule has 0 radical (unpaired) electrons. The average Bonchev–Trinajstić information content (AvgIpc) is 2.49. The SMILES string of the molecule is CCCC1CCC(NC(=O)C2(S(C)(=O)=O)CCNCC2)CC1.Cl. The van der Waals surface area contributed by atoms with E-state index in [2.05, 4.69) is 17.6 Å². The van der Waals surface area contributed by atoms with Crippen LogP contribution in [0.5, 0.6) is 0 Å². The lowest BCUT2D eigenvalue weighted by Gasteiger charge is -2.37. The van der Waals surface area contributed by atoms with Crippen LogP contribution in [-0.2, 0) is 14.6 Å². The van der Waals surface area contributed by atoms with Crippen molar-refractivity contribution in [1.82, 2.24) is 10.6 Å². The number of rotatable bonds is 5. The first-order valence-electron chi connectivity index (χ1n) is 8.60. The van der Waals surface area contributed by atoms with Gasteiger partial charge in [-0.25, -0.2) is 8.42 Å². The van der Waals surface area contributed by atoms with Crippen molar-refractivity contribution in [2.45, 2.75) is 69.1 Å². The number of piperidine rings is 1. The van der Waals surface area contributed by atoms with Gasteiger partial charge in [-0.15, -0.1) is 12.4 Å². The molecule has 0 aromatic carbocycles. The maximum atomic E-state index is 12.7. The van der Waals surface area contributed by atoms with Crippen LogP contribution in [0.2, 0.25) is 0 Å². The van der Waals surface area contributed by atoms with Crippen LogP contribution in [0.3, 0.4) is 0 Å². The standard InChI is InChI=1S/C16H30N2O3S.ClH/c1-3-4-13-5-7-14(8-6-13)18-15(19)16(22(2,20)21)9-11-17-12-10-16;/h13-14,17H,3-12H2,1-2H3,(H,18,19);1H. The third-order valence-electron chi connectivity index (χ3n) is 5.41. The number of hydrogen-bond donors (Lipinski definition) is 2. The van der Waals surface area contributed by atoms with Crippen molar-refractivity contribution in [3.8, 4) is 0 Å². The van der Waals surface area contributed by atoms with Gasteiger partial charge in [0.05, 0.1) is 0 Å². The van der Waals surface area contributed by atoms with Gasteiger partial charge in [-0.05, 0) is 57.5 Å². The number of amides is 1. The monoisotopic (exact) mass is 366 g/mol. The highest BCUT2D eigenvalue weighted by Crippen LogP contribution is 2.31. The molecule has 1 saturated carbocycles. The van der Waals surface area contributed by atoms with Crippen LogP contribution < -0.4 is 10.6 Å². The van der Waals surface area contributed by atoms with Crippen LogP contribution >= 0.6 is 12.4 Å². The minimum absolute atomic E-state index is 0. The fourth-order valence-corrected chi connectivity index (χ4v) is 5.26. The molecular formula is C16H31ClN2O3S. The second-order valence-corrected chi connectivity index (χ2v) is 9.32. The first-order valence-corrected chi connectivity index (χ1v) is 10.5. The van der Waals surface area contributed by atoms with E-state index in [0.29, 0.717) is 25.9 Å². The average molecular weight is 367 g/mol. The van der Waals surface area contributed by atoms with E-state index < -0.39 is 14.6 Å². The van der Waals surface area contributed by atoms with Gasteiger partial charge in [0, 0.05) is 12.3 Å². The van der Waals surface area contributed by atoms with Crippen molar-refractivity contribution < 1.29 is 13.2 Å². The van der Waals surface area contributed by atoms with Gasteiger partial charge in [0.2, 0.25) is 5.91 Å². The van der Waals surface area contributed by atoms with Gasteiger partial charge in [-0.3, -0.25) is 4.79 Å². The van der Waals surface area contributed by atoms with E-state index in [1.165, 1.54) is 19.1 Å². The van der Waals surface area contributed by atoms with Gasteiger partial charge in [0.1, 0.15) is 0 Å². The highest BCUT2D eigenvalue weighted by atomic mass is 35.5. The summed E-state index contributed by atoms with van der Waals surface area (Å²) in [7, 11) is -3.41. The predicted octanol–water partition coefficient (Wildman–Crippen LogP) is 2.05. The first kappa shape index (κ1) is 20.7. The molecule has 7 heteroatoms. The molecule has 2 aliphatic rings. The molecule has 1 saturated heterocycles. The van der Waals surface area contributed by atoms with Gasteiger partial charge >= 0.3 is 0 Å². The Morgan fingerprint density at radius 2 is 1.74 bits per heavy atom. The quantitative estimate of drug-likeness (QED) is 0.780. The molecule has 1 amide bonds. The molecule has 0 atom stereocenters. The maximum Gasteiger partial charge on any atom is 0.241 e. The maximum absolute atomic E-state index is 12.7. The highest BCUT2D eigenvalue weighted by molar-refractivity contribution is 7.92. The summed E-state index contributed by atoms with van der Waals surface area (Å²) in [5.41, 5.74) is 0. The molecule has 0 unspecified atom stereocenters. The fraction of sp³-hybridized carbons (Fsp3) is 0.938. The van der Waals surface area contributed by atoms with Crippen molar-refractivity contribution in [2.24, 2.45) is 5.92 Å². The van der Waals surface area contributed by atoms with Gasteiger partial charge in [0.15, 0.2) is 14.6 Å². The van der Waals surface area contributed by atoms with Crippen LogP contribution in [0.25, 0.3) is 0 Å². The summed E-state index contributed by atoms with van der Waals surface area (Å²) in [6, 6.07) is 0.147. The van der Waals surface area contributed by atoms with E-state index in [1.807, 2.05) is 0 Å². The second kappa shape index (κ2) is 8.67. The second-order valence-electron chi connectivity index (χ2n) is 7.00. The number of carbonyl (C=O) groups excluding carboxylic acids is 1. The normalized spacial score (nSPS) is 27.7. The number of hydrogen-bond acceptors (Lipinski definition) is 4. The number of carbonyl (C=O) groups is 1. The Labute approximate surface area is 146 Å². The number of sulfone groups is 1. The minimum atomic E-state index is -3.41. The zero-order valence-electron chi connectivity index (χ0n) is 14.3. The molecule has 2 fully saturated rings. The molecule has 136 valence electrons. The van der Waals surface area contributed by atoms with Gasteiger partial charge in [-0.1, -0.05) is 19.8 Å². The zero-order valence-corrected chi connectivity index (χ0v) is 15.9. The lowest BCUT2D eigenvalue weighted by Crippen LogP contribution is -2.59. The van der Waals surface area contributed by atoms with Crippen molar-refractivity contribution in [2.75, 3.05) is 19.3 Å². The Hall–Kier alpha value is -0.330. The summed E-state index contributed by atoms with van der Waals surface area (Å²) < 4.78 is 23.3. The Morgan fingerprint density at radius 3 is 2.22 bits per heavy atom. The molecule has 2 N–H and O–H groups in total. The van der Waals surface area contributed by atoms with E-state index in [1.54, 1.807) is 0 Å². The molecule has 0 aromatic rings. The van der Waals surface area contributed by atoms with Crippen LogP contribution in [-0.4, -0.2) is 44.5 Å². The van der Waals surface area contributed by atoms with Crippen molar-refractivity contribution in [3.63, 3.8) is 0 Å². The van der Waals surface area contributed by atoms with Crippen LogP contribution in [0.15, 0.2) is 0 Å². The molecule has 0 bridgehead atoms. The van der Waals surface area contributed by atoms with Crippen LogP contribution in [0.1, 0.15) is 58.3 Å². The summed E-state index contributed by atoms with van der Waals surface area (Å²) in [4.78, 5) is 12.7. The van der Waals surface area contributed by atoms with E-state index in [9.17, 15) is 13.2 Å². The lowest BCUT2D eigenvalue weighted by atomic mass is 9.83. The molecule has 1 aliphatic carbocycles. The Balaban J connectivity index is 0.00000264. The van der Waals surface area contributed by atoms with E-state index in [-0.39, 0.29) is 24.4 Å². The molecule has 1 heterocycles. The summed E-state index contributed by atoms with van der Waals surface area (Å²) in [6.45, 7) is 3.38. The largest absolute Gasteiger partial charge is 0.352 e. The number of halogens is 1. The third kappa shape index (κ3) is 4.83. The summed E-state index contributed by atoms with van der Waals surface area (Å²) in [6.07, 6.45) is 8.69. The Kier molecular flexibility index (Phi) is 7.81. The van der Waals surface area contributed by atoms with Gasteiger partial charge in [-0.2, -0.15) is 0 Å². The lowest BCUT2D eigenvalue weighted by molar-refractivity contribution is -0.125. The fourth-order valence-electron chi connectivity index (χ4n) is 3.92. The predicted molar refractivity (Wildman–Crippen MR) is 95.7 cm³/mol. The van der Waals surface area contributed by atoms with Gasteiger partial charge in [0.25, 0.3) is 0 Å². The summed E-state index contributed by atoms with van der Waals surface area (Å²) in [5, 5.41) is 6.20.